The first-order valence-electron chi connectivity index (χ1n) is 5.65. The predicted octanol–water partition coefficient (Wildman–Crippen LogP) is 1.29. The van der Waals surface area contributed by atoms with Gasteiger partial charge in [0, 0.05) is 18.4 Å². The summed E-state index contributed by atoms with van der Waals surface area (Å²) >= 11 is 0. The second-order valence-corrected chi connectivity index (χ2v) is 4.69. The minimum Gasteiger partial charge on any atom is -0.388 e. The van der Waals surface area contributed by atoms with Crippen molar-refractivity contribution in [1.29, 1.82) is 0 Å². The average molecular weight is 193 g/mol. The van der Waals surface area contributed by atoms with Gasteiger partial charge in [-0.15, -0.1) is 12.3 Å². The molecule has 0 aromatic rings. The average Bonchev–Trinajstić information content (AvgIpc) is 2.19. The predicted molar refractivity (Wildman–Crippen MR) is 56.8 cm³/mol. The maximum atomic E-state index is 10.5. The first-order valence-corrected chi connectivity index (χ1v) is 5.65. The highest BCUT2D eigenvalue weighted by molar-refractivity contribution is 5.05. The Labute approximate surface area is 86.1 Å². The first kappa shape index (κ1) is 10.0. The molecule has 78 valence electrons. The van der Waals surface area contributed by atoms with Gasteiger partial charge in [0.15, 0.2) is 0 Å². The summed E-state index contributed by atoms with van der Waals surface area (Å²) in [6, 6.07) is 0.510. The Hall–Kier alpha value is -0.520. The van der Waals surface area contributed by atoms with E-state index in [4.69, 9.17) is 6.42 Å². The molecule has 0 radical (unpaired) electrons. The third-order valence-electron chi connectivity index (χ3n) is 3.83. The zero-order chi connectivity index (χ0) is 10.0. The topological polar surface area (TPSA) is 32.3 Å². The molecule has 3 atom stereocenters. The zero-order valence-corrected chi connectivity index (χ0v) is 8.63. The summed E-state index contributed by atoms with van der Waals surface area (Å²) in [5.41, 5.74) is -0.578. The maximum absolute atomic E-state index is 10.5. The maximum Gasteiger partial charge on any atom is 0.0811 e. The van der Waals surface area contributed by atoms with Crippen LogP contribution in [0.3, 0.4) is 0 Å². The molecule has 0 aromatic carbocycles. The molecule has 2 heteroatoms. The molecule has 0 aromatic heterocycles. The zero-order valence-electron chi connectivity index (χ0n) is 8.63. The van der Waals surface area contributed by atoms with Gasteiger partial charge < -0.3 is 10.4 Å². The third-order valence-corrected chi connectivity index (χ3v) is 3.83. The Morgan fingerprint density at radius 2 is 2.21 bits per heavy atom. The number of nitrogens with one attached hydrogen (secondary N) is 1. The normalized spacial score (nSPS) is 42.6. The fourth-order valence-corrected chi connectivity index (χ4v) is 3.07. The van der Waals surface area contributed by atoms with Crippen LogP contribution in [0.15, 0.2) is 0 Å². The molecule has 14 heavy (non-hydrogen) atoms. The molecule has 2 nitrogen and oxygen atoms in total. The van der Waals surface area contributed by atoms with E-state index in [-0.39, 0.29) is 0 Å². The molecule has 1 saturated carbocycles. The Balaban J connectivity index is 2.12. The Morgan fingerprint density at radius 1 is 1.43 bits per heavy atom. The molecule has 0 bridgehead atoms. The highest BCUT2D eigenvalue weighted by Gasteiger charge is 2.44. The lowest BCUT2D eigenvalue weighted by molar-refractivity contribution is -0.0678. The van der Waals surface area contributed by atoms with Crippen LogP contribution in [0, 0.1) is 18.3 Å². The number of terminal acetylenes is 1. The smallest absolute Gasteiger partial charge is 0.0811 e. The van der Waals surface area contributed by atoms with E-state index >= 15 is 0 Å². The monoisotopic (exact) mass is 193 g/mol. The molecule has 2 fully saturated rings. The van der Waals surface area contributed by atoms with Crippen molar-refractivity contribution in [2.45, 2.75) is 50.2 Å². The van der Waals surface area contributed by atoms with Crippen molar-refractivity contribution < 1.29 is 5.11 Å². The van der Waals surface area contributed by atoms with Crippen molar-refractivity contribution in [2.24, 2.45) is 5.92 Å². The van der Waals surface area contributed by atoms with E-state index in [0.29, 0.717) is 18.4 Å². The van der Waals surface area contributed by atoms with E-state index in [0.717, 1.165) is 19.4 Å². The molecule has 2 rings (SSSR count). The molecule has 1 aliphatic heterocycles. The number of aliphatic hydroxyl groups is 1. The van der Waals surface area contributed by atoms with Gasteiger partial charge >= 0.3 is 0 Å². The summed E-state index contributed by atoms with van der Waals surface area (Å²) < 4.78 is 0. The molecule has 3 unspecified atom stereocenters. The van der Waals surface area contributed by atoms with Crippen LogP contribution in [-0.2, 0) is 0 Å². The van der Waals surface area contributed by atoms with Gasteiger partial charge in [0.05, 0.1) is 5.60 Å². The van der Waals surface area contributed by atoms with Gasteiger partial charge in [-0.25, -0.2) is 0 Å². The van der Waals surface area contributed by atoms with Crippen LogP contribution in [0.25, 0.3) is 0 Å². The fourth-order valence-electron chi connectivity index (χ4n) is 3.07. The largest absolute Gasteiger partial charge is 0.388 e. The van der Waals surface area contributed by atoms with Crippen LogP contribution in [0.2, 0.25) is 0 Å². The van der Waals surface area contributed by atoms with E-state index < -0.39 is 5.60 Å². The van der Waals surface area contributed by atoms with E-state index in [1.165, 1.54) is 19.3 Å². The second kappa shape index (κ2) is 3.92. The molecule has 2 N–H and O–H groups in total. The molecule has 0 spiro atoms. The molecule has 1 saturated heterocycles. The Kier molecular flexibility index (Phi) is 2.80. The van der Waals surface area contributed by atoms with Gasteiger partial charge in [0.25, 0.3) is 0 Å². The van der Waals surface area contributed by atoms with Gasteiger partial charge in [-0.2, -0.15) is 0 Å². The van der Waals surface area contributed by atoms with E-state index in [9.17, 15) is 5.11 Å². The van der Waals surface area contributed by atoms with Crippen molar-refractivity contribution in [3.05, 3.63) is 0 Å². The summed E-state index contributed by atoms with van der Waals surface area (Å²) in [5, 5.41) is 14.0. The van der Waals surface area contributed by atoms with Gasteiger partial charge in [-0.05, 0) is 25.8 Å². The van der Waals surface area contributed by atoms with Gasteiger partial charge in [-0.3, -0.25) is 0 Å². The van der Waals surface area contributed by atoms with Crippen LogP contribution < -0.4 is 5.32 Å². The quantitative estimate of drug-likeness (QED) is 0.615. The van der Waals surface area contributed by atoms with Crippen molar-refractivity contribution in [2.75, 3.05) is 6.54 Å². The third kappa shape index (κ3) is 1.67. The van der Waals surface area contributed by atoms with Crippen molar-refractivity contribution in [1.82, 2.24) is 5.32 Å². The number of hydrogen-bond acceptors (Lipinski definition) is 2. The number of hydrogen-bond donors (Lipinski definition) is 2. The molecular weight excluding hydrogens is 174 g/mol. The SMILES string of the molecule is C#CCC1(O)CCNC2CCCCC21. The molecular formula is C12H19NO. The van der Waals surface area contributed by atoms with Crippen LogP contribution >= 0.6 is 0 Å². The van der Waals surface area contributed by atoms with Crippen molar-refractivity contribution >= 4 is 0 Å². The lowest BCUT2D eigenvalue weighted by Crippen LogP contribution is -2.57. The molecule has 2 aliphatic rings. The highest BCUT2D eigenvalue weighted by Crippen LogP contribution is 2.39. The first-order chi connectivity index (χ1) is 6.76. The molecule has 1 aliphatic carbocycles. The van der Waals surface area contributed by atoms with Gasteiger partial charge in [0.1, 0.15) is 0 Å². The summed E-state index contributed by atoms with van der Waals surface area (Å²) in [5.74, 6) is 3.02. The van der Waals surface area contributed by atoms with E-state index in [1.807, 2.05) is 0 Å². The van der Waals surface area contributed by atoms with Crippen LogP contribution in [0.5, 0.6) is 0 Å². The Bertz CT molecular complexity index is 243. The van der Waals surface area contributed by atoms with Crippen LogP contribution in [0.1, 0.15) is 38.5 Å². The lowest BCUT2D eigenvalue weighted by atomic mass is 9.69. The number of piperidine rings is 1. The molecule has 1 heterocycles. The number of fused-ring (bicyclic) bond motifs is 1. The van der Waals surface area contributed by atoms with Gasteiger partial charge in [-0.1, -0.05) is 12.8 Å². The Morgan fingerprint density at radius 3 is 3.00 bits per heavy atom. The summed E-state index contributed by atoms with van der Waals surface area (Å²) in [7, 11) is 0. The second-order valence-electron chi connectivity index (χ2n) is 4.69. The van der Waals surface area contributed by atoms with Crippen LogP contribution in [0.4, 0.5) is 0 Å². The summed E-state index contributed by atoms with van der Waals surface area (Å²) in [6.07, 6.45) is 11.6. The minimum atomic E-state index is -0.578. The number of rotatable bonds is 1. The lowest BCUT2D eigenvalue weighted by Gasteiger charge is -2.47. The van der Waals surface area contributed by atoms with Gasteiger partial charge in [0.2, 0.25) is 0 Å². The highest BCUT2D eigenvalue weighted by atomic mass is 16.3. The van der Waals surface area contributed by atoms with E-state index in [1.54, 1.807) is 0 Å². The summed E-state index contributed by atoms with van der Waals surface area (Å²) in [4.78, 5) is 0. The van der Waals surface area contributed by atoms with Crippen LogP contribution in [-0.4, -0.2) is 23.3 Å². The van der Waals surface area contributed by atoms with Crippen molar-refractivity contribution in [3.63, 3.8) is 0 Å². The molecule has 0 amide bonds. The summed E-state index contributed by atoms with van der Waals surface area (Å²) in [6.45, 7) is 0.916. The van der Waals surface area contributed by atoms with E-state index in [2.05, 4.69) is 11.2 Å². The standard InChI is InChI=1S/C12H19NO/c1-2-7-12(14)8-9-13-11-6-4-3-5-10(11)12/h1,10-11,13-14H,3-9H2. The minimum absolute atomic E-state index is 0.390. The van der Waals surface area contributed by atoms with Crippen molar-refractivity contribution in [3.8, 4) is 12.3 Å². The fraction of sp³-hybridized carbons (Fsp3) is 0.833.